The van der Waals surface area contributed by atoms with Crippen LogP contribution in [0.1, 0.15) is 40.0 Å². The Balaban J connectivity index is 2.75. The predicted molar refractivity (Wildman–Crippen MR) is 89.5 cm³/mol. The average molecular weight is 291 g/mol. The van der Waals surface area contributed by atoms with Crippen LogP contribution in [0.15, 0.2) is 30.3 Å². The molecule has 0 aromatic heterocycles. The van der Waals surface area contributed by atoms with E-state index in [1.165, 1.54) is 5.69 Å². The highest BCUT2D eigenvalue weighted by Gasteiger charge is 2.30. The van der Waals surface area contributed by atoms with Gasteiger partial charge in [0, 0.05) is 18.8 Å². The fourth-order valence-corrected chi connectivity index (χ4v) is 2.41. The summed E-state index contributed by atoms with van der Waals surface area (Å²) in [5.41, 5.74) is 6.12. The molecule has 0 heterocycles. The molecule has 0 saturated heterocycles. The van der Waals surface area contributed by atoms with Crippen molar-refractivity contribution in [1.82, 2.24) is 5.32 Å². The van der Waals surface area contributed by atoms with Crippen molar-refractivity contribution in [3.05, 3.63) is 30.3 Å². The van der Waals surface area contributed by atoms with Crippen molar-refractivity contribution < 1.29 is 4.79 Å². The lowest BCUT2D eigenvalue weighted by molar-refractivity contribution is -0.124. The molecule has 1 atom stereocenters. The van der Waals surface area contributed by atoms with E-state index in [-0.39, 0.29) is 5.91 Å². The zero-order valence-electron chi connectivity index (χ0n) is 13.6. The zero-order chi connectivity index (χ0) is 15.7. The Bertz CT molecular complexity index is 421. The summed E-state index contributed by atoms with van der Waals surface area (Å²) >= 11 is 0. The molecule has 1 aromatic carbocycles. The molecule has 0 saturated carbocycles. The second kappa shape index (κ2) is 8.67. The number of benzene rings is 1. The molecule has 1 aromatic rings. The first-order chi connectivity index (χ1) is 10.0. The number of primary amides is 1. The molecule has 4 nitrogen and oxygen atoms in total. The topological polar surface area (TPSA) is 58.4 Å². The Morgan fingerprint density at radius 3 is 2.43 bits per heavy atom. The number of unbranched alkanes of at least 4 members (excludes halogenated alkanes) is 1. The lowest BCUT2D eigenvalue weighted by atomic mass is 9.96. The number of carbonyl (C=O) groups excluding carboxylic acids is 1. The quantitative estimate of drug-likeness (QED) is 0.696. The van der Waals surface area contributed by atoms with Crippen molar-refractivity contribution in [1.29, 1.82) is 0 Å². The first kappa shape index (κ1) is 17.5. The fraction of sp³-hybridized carbons (Fsp3) is 0.588. The van der Waals surface area contributed by atoms with Crippen LogP contribution >= 0.6 is 0 Å². The zero-order valence-corrected chi connectivity index (χ0v) is 13.6. The number of nitrogens with one attached hydrogen (secondary N) is 1. The molecule has 3 N–H and O–H groups in total. The maximum atomic E-state index is 11.7. The van der Waals surface area contributed by atoms with E-state index in [1.54, 1.807) is 0 Å². The van der Waals surface area contributed by atoms with Crippen molar-refractivity contribution in [2.24, 2.45) is 5.73 Å². The number of carbonyl (C=O) groups is 1. The molecular formula is C17H29N3O. The minimum absolute atomic E-state index is 0.284. The van der Waals surface area contributed by atoms with Crippen LogP contribution in [0, 0.1) is 0 Å². The minimum Gasteiger partial charge on any atom is -0.371 e. The first-order valence-electron chi connectivity index (χ1n) is 7.88. The van der Waals surface area contributed by atoms with Crippen molar-refractivity contribution in [3.63, 3.8) is 0 Å². The third kappa shape index (κ3) is 5.38. The third-order valence-corrected chi connectivity index (χ3v) is 3.90. The largest absolute Gasteiger partial charge is 0.371 e. The molecule has 0 aliphatic carbocycles. The van der Waals surface area contributed by atoms with Gasteiger partial charge in [-0.2, -0.15) is 0 Å². The molecule has 0 aliphatic heterocycles. The molecular weight excluding hydrogens is 262 g/mol. The average Bonchev–Trinajstić information content (AvgIpc) is 2.48. The van der Waals surface area contributed by atoms with Gasteiger partial charge in [-0.1, -0.05) is 38.5 Å². The molecule has 0 aliphatic rings. The van der Waals surface area contributed by atoms with Gasteiger partial charge < -0.3 is 16.0 Å². The summed E-state index contributed by atoms with van der Waals surface area (Å²) in [6.45, 7) is 8.63. The Kier molecular flexibility index (Phi) is 7.23. The van der Waals surface area contributed by atoms with Crippen LogP contribution in [-0.2, 0) is 4.79 Å². The highest BCUT2D eigenvalue weighted by Crippen LogP contribution is 2.18. The molecule has 1 unspecified atom stereocenters. The second-order valence-electron chi connectivity index (χ2n) is 5.65. The summed E-state index contributed by atoms with van der Waals surface area (Å²) in [5, 5.41) is 3.22. The maximum absolute atomic E-state index is 11.7. The van der Waals surface area contributed by atoms with Gasteiger partial charge in [-0.15, -0.1) is 0 Å². The number of anilines is 1. The SMILES string of the molecule is CCCCN(CCC(C)(NCC)C(N)=O)c1ccccc1. The lowest BCUT2D eigenvalue weighted by Crippen LogP contribution is -2.54. The minimum atomic E-state index is -0.645. The standard InChI is InChI=1S/C17H29N3O/c1-4-6-13-20(15-10-8-7-9-11-15)14-12-17(3,16(18)21)19-5-2/h7-11,19H,4-6,12-14H2,1-3H3,(H2,18,21). The van der Waals surface area contributed by atoms with E-state index in [0.717, 1.165) is 32.5 Å². The number of likely N-dealkylation sites (N-methyl/N-ethyl adjacent to an activating group) is 1. The van der Waals surface area contributed by atoms with Crippen molar-refractivity contribution in [2.75, 3.05) is 24.5 Å². The van der Waals surface area contributed by atoms with Crippen LogP contribution in [0.5, 0.6) is 0 Å². The lowest BCUT2D eigenvalue weighted by Gasteiger charge is -2.32. The van der Waals surface area contributed by atoms with E-state index in [4.69, 9.17) is 5.73 Å². The summed E-state index contributed by atoms with van der Waals surface area (Å²) in [4.78, 5) is 14.1. The van der Waals surface area contributed by atoms with Crippen LogP contribution in [-0.4, -0.2) is 31.1 Å². The molecule has 21 heavy (non-hydrogen) atoms. The van der Waals surface area contributed by atoms with Gasteiger partial charge in [0.25, 0.3) is 0 Å². The van der Waals surface area contributed by atoms with E-state index in [1.807, 2.05) is 32.0 Å². The van der Waals surface area contributed by atoms with E-state index in [9.17, 15) is 4.79 Å². The maximum Gasteiger partial charge on any atom is 0.237 e. The van der Waals surface area contributed by atoms with Gasteiger partial charge in [0.1, 0.15) is 0 Å². The molecule has 0 fully saturated rings. The van der Waals surface area contributed by atoms with Crippen molar-refractivity contribution >= 4 is 11.6 Å². The van der Waals surface area contributed by atoms with E-state index in [0.29, 0.717) is 6.42 Å². The Morgan fingerprint density at radius 1 is 1.24 bits per heavy atom. The summed E-state index contributed by atoms with van der Waals surface area (Å²) < 4.78 is 0. The molecule has 1 rings (SSSR count). The number of nitrogens with two attached hydrogens (primary N) is 1. The highest BCUT2D eigenvalue weighted by atomic mass is 16.1. The first-order valence-corrected chi connectivity index (χ1v) is 7.88. The van der Waals surface area contributed by atoms with Crippen LogP contribution < -0.4 is 16.0 Å². The fourth-order valence-electron chi connectivity index (χ4n) is 2.41. The number of amides is 1. The number of hydrogen-bond acceptors (Lipinski definition) is 3. The third-order valence-electron chi connectivity index (χ3n) is 3.90. The number of hydrogen-bond donors (Lipinski definition) is 2. The molecule has 4 heteroatoms. The Labute approximate surface area is 128 Å². The van der Waals surface area contributed by atoms with Gasteiger partial charge in [-0.05, 0) is 38.4 Å². The number of rotatable bonds is 10. The van der Waals surface area contributed by atoms with E-state index in [2.05, 4.69) is 29.3 Å². The van der Waals surface area contributed by atoms with Crippen molar-refractivity contribution in [2.45, 2.75) is 45.6 Å². The van der Waals surface area contributed by atoms with Crippen LogP contribution in [0.4, 0.5) is 5.69 Å². The molecule has 0 bridgehead atoms. The summed E-state index contributed by atoms with van der Waals surface area (Å²) in [6, 6.07) is 10.3. The van der Waals surface area contributed by atoms with Gasteiger partial charge in [0.15, 0.2) is 0 Å². The molecule has 0 radical (unpaired) electrons. The number of nitrogens with zero attached hydrogens (tertiary/aromatic N) is 1. The Hall–Kier alpha value is -1.55. The van der Waals surface area contributed by atoms with Crippen molar-refractivity contribution in [3.8, 4) is 0 Å². The van der Waals surface area contributed by atoms with Gasteiger partial charge in [0.05, 0.1) is 5.54 Å². The molecule has 0 spiro atoms. The van der Waals surface area contributed by atoms with Gasteiger partial charge in [-0.25, -0.2) is 0 Å². The summed E-state index contributed by atoms with van der Waals surface area (Å²) in [5.74, 6) is -0.284. The van der Waals surface area contributed by atoms with E-state index >= 15 is 0 Å². The Morgan fingerprint density at radius 2 is 1.90 bits per heavy atom. The molecule has 118 valence electrons. The van der Waals surface area contributed by atoms with Crippen LogP contribution in [0.25, 0.3) is 0 Å². The van der Waals surface area contributed by atoms with Crippen LogP contribution in [0.3, 0.4) is 0 Å². The van der Waals surface area contributed by atoms with Gasteiger partial charge in [0.2, 0.25) is 5.91 Å². The van der Waals surface area contributed by atoms with Crippen LogP contribution in [0.2, 0.25) is 0 Å². The normalized spacial score (nSPS) is 13.7. The van der Waals surface area contributed by atoms with E-state index < -0.39 is 5.54 Å². The predicted octanol–water partition coefficient (Wildman–Crippen LogP) is 2.54. The summed E-state index contributed by atoms with van der Waals surface area (Å²) in [7, 11) is 0. The number of para-hydroxylation sites is 1. The van der Waals surface area contributed by atoms with Gasteiger partial charge >= 0.3 is 0 Å². The molecule has 1 amide bonds. The monoisotopic (exact) mass is 291 g/mol. The highest BCUT2D eigenvalue weighted by molar-refractivity contribution is 5.84. The van der Waals surface area contributed by atoms with Gasteiger partial charge in [-0.3, -0.25) is 4.79 Å². The second-order valence-corrected chi connectivity index (χ2v) is 5.65. The summed E-state index contributed by atoms with van der Waals surface area (Å²) in [6.07, 6.45) is 3.00. The smallest absolute Gasteiger partial charge is 0.237 e.